The number of β-amino-alcohol motifs (C(OH)–C–C–N with tert-alkyl or cyclic N) is 1. The van der Waals surface area contributed by atoms with Crippen molar-refractivity contribution in [3.05, 3.63) is 59.7 Å². The van der Waals surface area contributed by atoms with Gasteiger partial charge in [0.15, 0.2) is 0 Å². The molecular weight excluding hydrogens is 333 g/mol. The van der Waals surface area contributed by atoms with E-state index in [1.54, 1.807) is 36.1 Å². The van der Waals surface area contributed by atoms with E-state index in [4.69, 9.17) is 0 Å². The van der Waals surface area contributed by atoms with Gasteiger partial charge in [-0.05, 0) is 43.3 Å². The highest BCUT2D eigenvalue weighted by Gasteiger charge is 2.32. The van der Waals surface area contributed by atoms with E-state index in [0.29, 0.717) is 16.9 Å². The normalized spacial score (nSPS) is 16.0. The molecule has 1 N–H and O–H groups in total. The molecule has 0 saturated heterocycles. The third-order valence-electron chi connectivity index (χ3n) is 4.02. The maximum Gasteiger partial charge on any atom is 0.416 e. The van der Waals surface area contributed by atoms with Crippen LogP contribution in [0.3, 0.4) is 0 Å². The van der Waals surface area contributed by atoms with Gasteiger partial charge in [-0.3, -0.25) is 4.79 Å². The molecule has 1 aliphatic rings. The van der Waals surface area contributed by atoms with Gasteiger partial charge in [0.1, 0.15) is 0 Å². The zero-order valence-corrected chi connectivity index (χ0v) is 13.5. The molecule has 1 unspecified atom stereocenters. The average Bonchev–Trinajstić information content (AvgIpc) is 2.56. The van der Waals surface area contributed by atoms with Crippen molar-refractivity contribution < 1.29 is 23.1 Å². The van der Waals surface area contributed by atoms with Crippen LogP contribution in [0, 0.1) is 0 Å². The number of alkyl halides is 3. The Labute approximate surface area is 143 Å². The predicted molar refractivity (Wildman–Crippen MR) is 87.6 cm³/mol. The number of carbonyl (C=O) groups excluding carboxylic acids is 1. The first-order chi connectivity index (χ1) is 11.8. The quantitative estimate of drug-likeness (QED) is 0.919. The van der Waals surface area contributed by atoms with Gasteiger partial charge < -0.3 is 14.9 Å². The summed E-state index contributed by atoms with van der Waals surface area (Å²) in [4.78, 5) is 15.8. The van der Waals surface area contributed by atoms with Gasteiger partial charge in [0.05, 0.1) is 29.6 Å². The summed E-state index contributed by atoms with van der Waals surface area (Å²) < 4.78 is 38.3. The first-order valence-corrected chi connectivity index (χ1v) is 7.78. The van der Waals surface area contributed by atoms with Gasteiger partial charge in [0.2, 0.25) is 0 Å². The Morgan fingerprint density at radius 2 is 1.76 bits per heavy atom. The summed E-state index contributed by atoms with van der Waals surface area (Å²) >= 11 is 0. The van der Waals surface area contributed by atoms with E-state index < -0.39 is 17.8 Å². The molecule has 0 bridgehead atoms. The molecule has 4 nitrogen and oxygen atoms in total. The molecule has 132 valence electrons. The van der Waals surface area contributed by atoms with Crippen LogP contribution in [0.5, 0.6) is 0 Å². The molecule has 1 atom stereocenters. The molecule has 0 fully saturated rings. The first-order valence-electron chi connectivity index (χ1n) is 7.78. The van der Waals surface area contributed by atoms with Crippen LogP contribution < -0.4 is 4.90 Å². The number of fused-ring (bicyclic) bond motifs is 1. The highest BCUT2D eigenvalue weighted by atomic mass is 19.4. The van der Waals surface area contributed by atoms with Crippen LogP contribution in [0.15, 0.2) is 48.5 Å². The van der Waals surface area contributed by atoms with E-state index >= 15 is 0 Å². The molecule has 1 amide bonds. The highest BCUT2D eigenvalue weighted by Crippen LogP contribution is 2.35. The molecule has 0 saturated carbocycles. The fourth-order valence-electron chi connectivity index (χ4n) is 2.88. The summed E-state index contributed by atoms with van der Waals surface area (Å²) in [5, 5.41) is 9.62. The van der Waals surface area contributed by atoms with E-state index in [1.165, 1.54) is 17.0 Å². The second kappa shape index (κ2) is 6.40. The van der Waals surface area contributed by atoms with Crippen LogP contribution in [0.2, 0.25) is 0 Å². The van der Waals surface area contributed by atoms with Crippen molar-refractivity contribution in [3.8, 4) is 0 Å². The van der Waals surface area contributed by atoms with Gasteiger partial charge in [-0.25, -0.2) is 0 Å². The third kappa shape index (κ3) is 3.46. The van der Waals surface area contributed by atoms with Crippen molar-refractivity contribution in [3.63, 3.8) is 0 Å². The van der Waals surface area contributed by atoms with Crippen LogP contribution in [-0.2, 0) is 6.18 Å². The molecule has 2 aromatic carbocycles. The standard InChI is InChI=1S/C18H17F3N2O2/c1-12(24)10-22-11-23(16-5-3-2-4-15(16)17(22)25)14-8-6-13(7-9-14)18(19,20)21/h2-9,12,24H,10-11H2,1H3. The van der Waals surface area contributed by atoms with E-state index in [9.17, 15) is 23.1 Å². The van der Waals surface area contributed by atoms with Crippen LogP contribution >= 0.6 is 0 Å². The molecule has 25 heavy (non-hydrogen) atoms. The molecule has 3 rings (SSSR count). The minimum absolute atomic E-state index is 0.143. The number of aliphatic hydroxyl groups excluding tert-OH is 1. The number of hydrogen-bond donors (Lipinski definition) is 1. The van der Waals surface area contributed by atoms with Gasteiger partial charge in [0.25, 0.3) is 5.91 Å². The Morgan fingerprint density at radius 3 is 2.36 bits per heavy atom. The molecule has 2 aromatic rings. The zero-order valence-electron chi connectivity index (χ0n) is 13.5. The Hall–Kier alpha value is -2.54. The van der Waals surface area contributed by atoms with Gasteiger partial charge >= 0.3 is 6.18 Å². The van der Waals surface area contributed by atoms with Crippen molar-refractivity contribution in [2.75, 3.05) is 18.1 Å². The van der Waals surface area contributed by atoms with Crippen molar-refractivity contribution in [2.24, 2.45) is 0 Å². The smallest absolute Gasteiger partial charge is 0.392 e. The number of halogens is 3. The maximum atomic E-state index is 12.8. The van der Waals surface area contributed by atoms with E-state index in [2.05, 4.69) is 0 Å². The topological polar surface area (TPSA) is 43.8 Å². The number of carbonyl (C=O) groups is 1. The average molecular weight is 350 g/mol. The van der Waals surface area contributed by atoms with Crippen LogP contribution in [0.25, 0.3) is 0 Å². The molecule has 1 aliphatic heterocycles. The SMILES string of the molecule is CC(O)CN1CN(c2ccc(C(F)(F)F)cc2)c2ccccc2C1=O. The Balaban J connectivity index is 1.99. The summed E-state index contributed by atoms with van der Waals surface area (Å²) in [6.45, 7) is 1.88. The number of anilines is 2. The third-order valence-corrected chi connectivity index (χ3v) is 4.02. The first kappa shape index (κ1) is 17.3. The second-order valence-electron chi connectivity index (χ2n) is 6.01. The monoisotopic (exact) mass is 350 g/mol. The summed E-state index contributed by atoms with van der Waals surface area (Å²) in [5.41, 5.74) is 0.908. The molecular formula is C18H17F3N2O2. The predicted octanol–water partition coefficient (Wildman–Crippen LogP) is 3.64. The molecule has 1 heterocycles. The fraction of sp³-hybridized carbons (Fsp3) is 0.278. The van der Waals surface area contributed by atoms with E-state index in [-0.39, 0.29) is 19.1 Å². The lowest BCUT2D eigenvalue weighted by atomic mass is 10.1. The van der Waals surface area contributed by atoms with Crippen molar-refractivity contribution >= 4 is 17.3 Å². The minimum atomic E-state index is -4.40. The fourth-order valence-corrected chi connectivity index (χ4v) is 2.88. The van der Waals surface area contributed by atoms with Crippen LogP contribution in [-0.4, -0.2) is 35.2 Å². The van der Waals surface area contributed by atoms with Crippen molar-refractivity contribution in [2.45, 2.75) is 19.2 Å². The van der Waals surface area contributed by atoms with Crippen molar-refractivity contribution in [1.82, 2.24) is 4.90 Å². The number of rotatable bonds is 3. The van der Waals surface area contributed by atoms with Gasteiger partial charge in [-0.15, -0.1) is 0 Å². The zero-order chi connectivity index (χ0) is 18.2. The summed E-state index contributed by atoms with van der Waals surface area (Å²) in [5.74, 6) is -0.209. The van der Waals surface area contributed by atoms with Crippen LogP contribution in [0.4, 0.5) is 24.5 Å². The Bertz CT molecular complexity index is 773. The Kier molecular flexibility index (Phi) is 4.43. The molecule has 0 aromatic heterocycles. The minimum Gasteiger partial charge on any atom is -0.392 e. The number of hydrogen-bond acceptors (Lipinski definition) is 3. The number of amides is 1. The number of para-hydroxylation sites is 1. The van der Waals surface area contributed by atoms with E-state index in [1.807, 2.05) is 0 Å². The lowest BCUT2D eigenvalue weighted by Gasteiger charge is -2.38. The number of benzene rings is 2. The molecule has 0 spiro atoms. The lowest BCUT2D eigenvalue weighted by molar-refractivity contribution is -0.137. The number of aliphatic hydroxyl groups is 1. The number of nitrogens with zero attached hydrogens (tertiary/aromatic N) is 2. The van der Waals surface area contributed by atoms with Gasteiger partial charge in [0, 0.05) is 12.2 Å². The van der Waals surface area contributed by atoms with Gasteiger partial charge in [-0.2, -0.15) is 13.2 Å². The van der Waals surface area contributed by atoms with E-state index in [0.717, 1.165) is 12.1 Å². The molecule has 0 radical (unpaired) electrons. The molecule has 0 aliphatic carbocycles. The summed E-state index contributed by atoms with van der Waals surface area (Å²) in [6, 6.07) is 11.7. The maximum absolute atomic E-state index is 12.8. The summed E-state index contributed by atoms with van der Waals surface area (Å²) in [6.07, 6.45) is -5.10. The largest absolute Gasteiger partial charge is 0.416 e. The highest BCUT2D eigenvalue weighted by molar-refractivity contribution is 6.02. The van der Waals surface area contributed by atoms with Crippen LogP contribution in [0.1, 0.15) is 22.8 Å². The van der Waals surface area contributed by atoms with Gasteiger partial charge in [-0.1, -0.05) is 12.1 Å². The summed E-state index contributed by atoms with van der Waals surface area (Å²) in [7, 11) is 0. The Morgan fingerprint density at radius 1 is 1.12 bits per heavy atom. The molecule has 7 heteroatoms. The second-order valence-corrected chi connectivity index (χ2v) is 6.01. The lowest BCUT2D eigenvalue weighted by Crippen LogP contribution is -2.47. The van der Waals surface area contributed by atoms with Crippen molar-refractivity contribution in [1.29, 1.82) is 0 Å².